The summed E-state index contributed by atoms with van der Waals surface area (Å²) in [6.07, 6.45) is 4.69. The fraction of sp³-hybridized carbons (Fsp3) is 0.312. The number of pyridine rings is 1. The third kappa shape index (κ3) is 3.10. The molecule has 5 heteroatoms. The monoisotopic (exact) mass is 318 g/mol. The number of rotatable bonds is 6. The van der Waals surface area contributed by atoms with Gasteiger partial charge in [-0.3, -0.25) is 4.98 Å². The predicted molar refractivity (Wildman–Crippen MR) is 90.6 cm³/mol. The summed E-state index contributed by atoms with van der Waals surface area (Å²) in [5.74, 6) is 0.841. The van der Waals surface area contributed by atoms with E-state index in [0.717, 1.165) is 24.3 Å². The molecule has 110 valence electrons. The number of ether oxygens (including phenoxy) is 1. The Morgan fingerprint density at radius 1 is 1.29 bits per heavy atom. The van der Waals surface area contributed by atoms with Crippen LogP contribution in [0.3, 0.4) is 0 Å². The predicted octanol–water partition coefficient (Wildman–Crippen LogP) is 4.46. The minimum atomic E-state index is 0.160. The second-order valence-electron chi connectivity index (χ2n) is 4.82. The van der Waals surface area contributed by atoms with E-state index in [-0.39, 0.29) is 6.04 Å². The van der Waals surface area contributed by atoms with Gasteiger partial charge in [-0.1, -0.05) is 6.92 Å². The Bertz CT molecular complexity index is 691. The fourth-order valence-electron chi connectivity index (χ4n) is 2.29. The van der Waals surface area contributed by atoms with Crippen molar-refractivity contribution in [2.75, 3.05) is 13.7 Å². The van der Waals surface area contributed by atoms with Crippen molar-refractivity contribution in [1.29, 1.82) is 0 Å². The van der Waals surface area contributed by atoms with Gasteiger partial charge in [0.1, 0.15) is 5.75 Å². The number of aromatic nitrogens is 1. The lowest BCUT2D eigenvalue weighted by Gasteiger charge is -2.15. The summed E-state index contributed by atoms with van der Waals surface area (Å²) in [4.78, 5) is 5.63. The average molecular weight is 318 g/mol. The van der Waals surface area contributed by atoms with Gasteiger partial charge in [0.25, 0.3) is 0 Å². The molecular formula is C16H18N2OS2. The highest BCUT2D eigenvalue weighted by molar-refractivity contribution is 7.27. The van der Waals surface area contributed by atoms with Crippen LogP contribution in [0.2, 0.25) is 0 Å². The molecule has 0 aliphatic rings. The first-order valence-electron chi connectivity index (χ1n) is 7.03. The lowest BCUT2D eigenvalue weighted by atomic mass is 10.1. The summed E-state index contributed by atoms with van der Waals surface area (Å²) >= 11 is 3.62. The Balaban J connectivity index is 1.90. The molecule has 0 aromatic carbocycles. The van der Waals surface area contributed by atoms with Gasteiger partial charge >= 0.3 is 0 Å². The molecule has 3 aromatic heterocycles. The van der Waals surface area contributed by atoms with Gasteiger partial charge < -0.3 is 10.1 Å². The molecule has 0 radical (unpaired) electrons. The van der Waals surface area contributed by atoms with E-state index < -0.39 is 0 Å². The number of hydrogen-bond acceptors (Lipinski definition) is 5. The molecule has 3 heterocycles. The highest BCUT2D eigenvalue weighted by Crippen LogP contribution is 2.36. The van der Waals surface area contributed by atoms with Gasteiger partial charge in [-0.25, -0.2) is 0 Å². The highest BCUT2D eigenvalue weighted by Gasteiger charge is 2.16. The van der Waals surface area contributed by atoms with E-state index >= 15 is 0 Å². The molecule has 3 nitrogen and oxygen atoms in total. The maximum atomic E-state index is 5.69. The Kier molecular flexibility index (Phi) is 4.53. The standard InChI is InChI=1S/C16H18N2OS2/c1-3-5-19-12-7-11(9-18-10-12)16(17-2)15-8-14-13(21-15)4-6-20-14/h4,6-10,16-17H,3,5H2,1-2H3. The van der Waals surface area contributed by atoms with Crippen molar-refractivity contribution in [1.82, 2.24) is 10.3 Å². The van der Waals surface area contributed by atoms with Crippen molar-refractivity contribution < 1.29 is 4.74 Å². The van der Waals surface area contributed by atoms with Crippen molar-refractivity contribution >= 4 is 32.1 Å². The largest absolute Gasteiger partial charge is 0.492 e. The molecule has 0 fully saturated rings. The third-order valence-electron chi connectivity index (χ3n) is 3.27. The normalized spacial score (nSPS) is 12.7. The Labute approximate surface area is 132 Å². The topological polar surface area (TPSA) is 34.1 Å². The van der Waals surface area contributed by atoms with Crippen molar-refractivity contribution in [2.45, 2.75) is 19.4 Å². The van der Waals surface area contributed by atoms with Crippen molar-refractivity contribution in [3.63, 3.8) is 0 Å². The first-order chi connectivity index (χ1) is 10.3. The summed E-state index contributed by atoms with van der Waals surface area (Å²) in [7, 11) is 1.98. The first-order valence-corrected chi connectivity index (χ1v) is 8.73. The van der Waals surface area contributed by atoms with Gasteiger partial charge in [-0.05, 0) is 42.6 Å². The minimum Gasteiger partial charge on any atom is -0.492 e. The molecule has 21 heavy (non-hydrogen) atoms. The lowest BCUT2D eigenvalue weighted by molar-refractivity contribution is 0.315. The third-order valence-corrected chi connectivity index (χ3v) is 5.43. The van der Waals surface area contributed by atoms with Crippen LogP contribution >= 0.6 is 22.7 Å². The molecule has 0 aliphatic carbocycles. The van der Waals surface area contributed by atoms with E-state index in [2.05, 4.69) is 40.8 Å². The summed E-state index contributed by atoms with van der Waals surface area (Å²) < 4.78 is 8.38. The van der Waals surface area contributed by atoms with Gasteiger partial charge in [0.05, 0.1) is 18.8 Å². The van der Waals surface area contributed by atoms with E-state index in [0.29, 0.717) is 0 Å². The smallest absolute Gasteiger partial charge is 0.137 e. The van der Waals surface area contributed by atoms with Crippen LogP contribution in [-0.4, -0.2) is 18.6 Å². The van der Waals surface area contributed by atoms with E-state index in [1.54, 1.807) is 17.5 Å². The molecule has 0 bridgehead atoms. The molecule has 0 saturated heterocycles. The Morgan fingerprint density at radius 3 is 2.95 bits per heavy atom. The van der Waals surface area contributed by atoms with Crippen LogP contribution in [0.5, 0.6) is 5.75 Å². The average Bonchev–Trinajstić information content (AvgIpc) is 3.08. The highest BCUT2D eigenvalue weighted by atomic mass is 32.1. The number of thiophene rings is 2. The Hall–Kier alpha value is -1.43. The molecular weight excluding hydrogens is 300 g/mol. The summed E-state index contributed by atoms with van der Waals surface area (Å²) in [6, 6.07) is 6.69. The molecule has 0 amide bonds. The maximum absolute atomic E-state index is 5.69. The van der Waals surface area contributed by atoms with Gasteiger partial charge in [0.15, 0.2) is 0 Å². The summed E-state index contributed by atoms with van der Waals surface area (Å²) in [5, 5.41) is 5.53. The van der Waals surface area contributed by atoms with Crippen LogP contribution in [0.15, 0.2) is 36.0 Å². The van der Waals surface area contributed by atoms with Crippen molar-refractivity contribution in [3.8, 4) is 5.75 Å². The zero-order chi connectivity index (χ0) is 14.7. The first kappa shape index (κ1) is 14.5. The molecule has 1 unspecified atom stereocenters. The van der Waals surface area contributed by atoms with E-state index in [1.165, 1.54) is 14.3 Å². The van der Waals surface area contributed by atoms with E-state index in [4.69, 9.17) is 4.74 Å². The SMILES string of the molecule is CCCOc1cncc(C(NC)c2cc3sccc3s2)c1. The van der Waals surface area contributed by atoms with Crippen LogP contribution in [0.25, 0.3) is 9.40 Å². The van der Waals surface area contributed by atoms with Gasteiger partial charge in [-0.15, -0.1) is 22.7 Å². The lowest BCUT2D eigenvalue weighted by Crippen LogP contribution is -2.16. The van der Waals surface area contributed by atoms with Crippen LogP contribution in [0.1, 0.15) is 29.8 Å². The van der Waals surface area contributed by atoms with E-state index in [9.17, 15) is 0 Å². The number of nitrogens with zero attached hydrogens (tertiary/aromatic N) is 1. The fourth-order valence-corrected chi connectivity index (χ4v) is 4.55. The number of hydrogen-bond donors (Lipinski definition) is 1. The Morgan fingerprint density at radius 2 is 2.19 bits per heavy atom. The zero-order valence-corrected chi connectivity index (χ0v) is 13.8. The summed E-state index contributed by atoms with van der Waals surface area (Å²) in [6.45, 7) is 2.83. The summed E-state index contributed by atoms with van der Waals surface area (Å²) in [5.41, 5.74) is 1.14. The van der Waals surface area contributed by atoms with Crippen molar-refractivity contribution in [3.05, 3.63) is 46.4 Å². The van der Waals surface area contributed by atoms with Gasteiger partial charge in [0, 0.05) is 20.5 Å². The quantitative estimate of drug-likeness (QED) is 0.729. The van der Waals surface area contributed by atoms with E-state index in [1.807, 2.05) is 24.6 Å². The van der Waals surface area contributed by atoms with Crippen LogP contribution in [0, 0.1) is 0 Å². The molecule has 3 rings (SSSR count). The van der Waals surface area contributed by atoms with Gasteiger partial charge in [-0.2, -0.15) is 0 Å². The molecule has 1 atom stereocenters. The zero-order valence-electron chi connectivity index (χ0n) is 12.1. The second kappa shape index (κ2) is 6.56. The number of fused-ring (bicyclic) bond motifs is 1. The van der Waals surface area contributed by atoms with Crippen molar-refractivity contribution in [2.24, 2.45) is 0 Å². The van der Waals surface area contributed by atoms with Gasteiger partial charge in [0.2, 0.25) is 0 Å². The minimum absolute atomic E-state index is 0.160. The van der Waals surface area contributed by atoms with Crippen LogP contribution < -0.4 is 10.1 Å². The molecule has 1 N–H and O–H groups in total. The second-order valence-corrected chi connectivity index (χ2v) is 6.89. The molecule has 0 spiro atoms. The van der Waals surface area contributed by atoms with Crippen LogP contribution in [-0.2, 0) is 0 Å². The molecule has 0 saturated carbocycles. The maximum Gasteiger partial charge on any atom is 0.137 e. The molecule has 3 aromatic rings. The molecule has 0 aliphatic heterocycles. The van der Waals surface area contributed by atoms with Crippen LogP contribution in [0.4, 0.5) is 0 Å². The number of nitrogens with one attached hydrogen (secondary N) is 1.